The van der Waals surface area contributed by atoms with Gasteiger partial charge in [-0.1, -0.05) is 11.5 Å². The van der Waals surface area contributed by atoms with Gasteiger partial charge in [-0.25, -0.2) is 0 Å². The van der Waals surface area contributed by atoms with Gasteiger partial charge in [-0.15, -0.1) is 0 Å². The van der Waals surface area contributed by atoms with E-state index in [4.69, 9.17) is 7.85 Å². The average molecular weight is 135 g/mol. The molecule has 2 radical (unpaired) electrons. The molecule has 2 nitrogen and oxygen atoms in total. The van der Waals surface area contributed by atoms with Gasteiger partial charge in [0.1, 0.15) is 14.1 Å². The lowest BCUT2D eigenvalue weighted by molar-refractivity contribution is -0.104. The molecule has 0 aliphatic carbocycles. The monoisotopic (exact) mass is 135 g/mol. The maximum Gasteiger partial charge on any atom is 0.145 e. The van der Waals surface area contributed by atoms with Crippen LogP contribution in [-0.4, -0.2) is 21.2 Å². The highest BCUT2D eigenvalue weighted by atomic mass is 16.1. The van der Waals surface area contributed by atoms with Crippen molar-refractivity contribution in [1.82, 2.24) is 5.32 Å². The molecule has 0 unspecified atom stereocenters. The third kappa shape index (κ3) is 3.95. The molecule has 0 heterocycles. The SMILES string of the molecule is [B]C(/C=C(/C)C=O)=C/NC. The van der Waals surface area contributed by atoms with Crippen molar-refractivity contribution >= 4 is 14.1 Å². The van der Waals surface area contributed by atoms with Crippen molar-refractivity contribution in [3.8, 4) is 0 Å². The number of hydrogen-bond donors (Lipinski definition) is 1. The van der Waals surface area contributed by atoms with Crippen molar-refractivity contribution < 1.29 is 4.79 Å². The first kappa shape index (κ1) is 9.01. The number of aldehydes is 1. The van der Waals surface area contributed by atoms with Crippen LogP contribution in [0.15, 0.2) is 23.3 Å². The van der Waals surface area contributed by atoms with Crippen molar-refractivity contribution in [2.75, 3.05) is 7.05 Å². The highest BCUT2D eigenvalue weighted by Crippen LogP contribution is 1.93. The van der Waals surface area contributed by atoms with Crippen LogP contribution < -0.4 is 5.32 Å². The number of hydrogen-bond acceptors (Lipinski definition) is 2. The Bertz CT molecular complexity index is 172. The summed E-state index contributed by atoms with van der Waals surface area (Å²) in [6.07, 6.45) is 3.98. The predicted octanol–water partition coefficient (Wildman–Crippen LogP) is 0.361. The van der Waals surface area contributed by atoms with Crippen molar-refractivity contribution in [3.05, 3.63) is 23.3 Å². The van der Waals surface area contributed by atoms with E-state index < -0.39 is 0 Å². The first-order valence-electron chi connectivity index (χ1n) is 2.97. The average Bonchev–Trinajstić information content (AvgIpc) is 1.88. The van der Waals surface area contributed by atoms with Gasteiger partial charge in [0.2, 0.25) is 0 Å². The number of carbonyl (C=O) groups excluding carboxylic acids is 1. The lowest BCUT2D eigenvalue weighted by atomic mass is 9.95. The first-order chi connectivity index (χ1) is 4.70. The minimum Gasteiger partial charge on any atom is -0.394 e. The van der Waals surface area contributed by atoms with E-state index in [1.165, 1.54) is 0 Å². The Kier molecular flexibility index (Phi) is 4.38. The van der Waals surface area contributed by atoms with E-state index in [1.54, 1.807) is 26.2 Å². The zero-order valence-corrected chi connectivity index (χ0v) is 6.22. The van der Waals surface area contributed by atoms with Crippen molar-refractivity contribution in [1.29, 1.82) is 0 Å². The van der Waals surface area contributed by atoms with Crippen LogP contribution in [0.5, 0.6) is 0 Å². The highest BCUT2D eigenvalue weighted by molar-refractivity contribution is 6.23. The molecule has 52 valence electrons. The Labute approximate surface area is 62.4 Å². The van der Waals surface area contributed by atoms with E-state index in [1.807, 2.05) is 0 Å². The number of carbonyl (C=O) groups is 1. The third-order valence-corrected chi connectivity index (χ3v) is 0.891. The molecule has 0 aromatic carbocycles. The van der Waals surface area contributed by atoms with Gasteiger partial charge in [0.25, 0.3) is 0 Å². The summed E-state index contributed by atoms with van der Waals surface area (Å²) in [5.74, 6) is 0. The predicted molar refractivity (Wildman–Crippen MR) is 42.7 cm³/mol. The Balaban J connectivity index is 4.11. The summed E-state index contributed by atoms with van der Waals surface area (Å²) in [6, 6.07) is 0. The van der Waals surface area contributed by atoms with Gasteiger partial charge in [0.05, 0.1) is 0 Å². The number of nitrogens with one attached hydrogen (secondary N) is 1. The molecule has 0 spiro atoms. The fourth-order valence-corrected chi connectivity index (χ4v) is 0.505. The normalized spacial score (nSPS) is 13.0. The Morgan fingerprint density at radius 1 is 1.60 bits per heavy atom. The Morgan fingerprint density at radius 3 is 2.60 bits per heavy atom. The molecule has 0 atom stereocenters. The van der Waals surface area contributed by atoms with Crippen molar-refractivity contribution in [3.63, 3.8) is 0 Å². The van der Waals surface area contributed by atoms with Crippen LogP contribution in [-0.2, 0) is 4.79 Å². The van der Waals surface area contributed by atoms with Crippen molar-refractivity contribution in [2.24, 2.45) is 0 Å². The maximum absolute atomic E-state index is 10.1. The fourth-order valence-electron chi connectivity index (χ4n) is 0.505. The van der Waals surface area contributed by atoms with Crippen LogP contribution in [0.3, 0.4) is 0 Å². The molecule has 0 saturated carbocycles. The van der Waals surface area contributed by atoms with Crippen LogP contribution in [0.25, 0.3) is 0 Å². The van der Waals surface area contributed by atoms with Crippen LogP contribution in [0.2, 0.25) is 0 Å². The first-order valence-corrected chi connectivity index (χ1v) is 2.97. The third-order valence-electron chi connectivity index (χ3n) is 0.891. The molecule has 0 bridgehead atoms. The van der Waals surface area contributed by atoms with Gasteiger partial charge >= 0.3 is 0 Å². The van der Waals surface area contributed by atoms with E-state index in [-0.39, 0.29) is 0 Å². The lowest BCUT2D eigenvalue weighted by Gasteiger charge is -1.92. The second-order valence-electron chi connectivity index (χ2n) is 1.94. The molecule has 0 aromatic rings. The molecule has 1 N–H and O–H groups in total. The molecule has 3 heteroatoms. The standard InChI is InChI=1S/C7H10BNO/c1-6(5-10)3-7(8)4-9-2/h3-5,9H,1-2H3/b6-3-,7-4+. The zero-order valence-electron chi connectivity index (χ0n) is 6.22. The zero-order chi connectivity index (χ0) is 7.98. The topological polar surface area (TPSA) is 29.1 Å². The number of rotatable bonds is 3. The van der Waals surface area contributed by atoms with E-state index in [2.05, 4.69) is 5.32 Å². The van der Waals surface area contributed by atoms with Gasteiger partial charge in [-0.3, -0.25) is 4.79 Å². The van der Waals surface area contributed by atoms with Gasteiger partial charge in [0.15, 0.2) is 0 Å². The molecule has 0 aromatic heterocycles. The summed E-state index contributed by atoms with van der Waals surface area (Å²) in [6.45, 7) is 1.70. The lowest BCUT2D eigenvalue weighted by Crippen LogP contribution is -1.95. The smallest absolute Gasteiger partial charge is 0.145 e. The quantitative estimate of drug-likeness (QED) is 0.262. The summed E-state index contributed by atoms with van der Waals surface area (Å²) in [4.78, 5) is 10.1. The molecule has 0 saturated heterocycles. The van der Waals surface area contributed by atoms with Crippen LogP contribution in [0, 0.1) is 0 Å². The van der Waals surface area contributed by atoms with E-state index in [9.17, 15) is 4.79 Å². The molecule has 0 rings (SSSR count). The summed E-state index contributed by atoms with van der Waals surface area (Å²) in [5.41, 5.74) is 1.16. The molecule has 0 aliphatic heterocycles. The largest absolute Gasteiger partial charge is 0.394 e. The van der Waals surface area contributed by atoms with Crippen LogP contribution in [0.1, 0.15) is 6.92 Å². The van der Waals surface area contributed by atoms with Crippen LogP contribution in [0.4, 0.5) is 0 Å². The minimum atomic E-state index is 0.548. The van der Waals surface area contributed by atoms with Gasteiger partial charge in [-0.05, 0) is 18.7 Å². The molecule has 0 aliphatic rings. The van der Waals surface area contributed by atoms with Crippen molar-refractivity contribution in [2.45, 2.75) is 6.92 Å². The molecule has 10 heavy (non-hydrogen) atoms. The minimum absolute atomic E-state index is 0.548. The number of allylic oxidation sites excluding steroid dienone is 3. The second-order valence-corrected chi connectivity index (χ2v) is 1.94. The summed E-state index contributed by atoms with van der Waals surface area (Å²) < 4.78 is 0. The Morgan fingerprint density at radius 2 is 2.20 bits per heavy atom. The second kappa shape index (κ2) is 4.85. The highest BCUT2D eigenvalue weighted by Gasteiger charge is 1.83. The summed E-state index contributed by atoms with van der Waals surface area (Å²) in [7, 11) is 7.17. The van der Waals surface area contributed by atoms with Gasteiger partial charge in [0, 0.05) is 7.05 Å². The van der Waals surface area contributed by atoms with Crippen LogP contribution >= 0.6 is 0 Å². The van der Waals surface area contributed by atoms with E-state index >= 15 is 0 Å². The van der Waals surface area contributed by atoms with E-state index in [0.717, 1.165) is 6.29 Å². The Hall–Kier alpha value is -0.985. The molecular formula is C7H10BNO. The molecule has 0 amide bonds. The molecular weight excluding hydrogens is 125 g/mol. The van der Waals surface area contributed by atoms with E-state index in [0.29, 0.717) is 11.0 Å². The molecule has 0 fully saturated rings. The maximum atomic E-state index is 10.1. The summed E-state index contributed by atoms with van der Waals surface area (Å²) >= 11 is 0. The fraction of sp³-hybridized carbons (Fsp3) is 0.286. The van der Waals surface area contributed by atoms with Gasteiger partial charge in [-0.2, -0.15) is 0 Å². The van der Waals surface area contributed by atoms with Gasteiger partial charge < -0.3 is 5.32 Å². The summed E-state index contributed by atoms with van der Waals surface area (Å²) in [5, 5.41) is 2.75.